The number of likely N-dealkylation sites (tertiary alicyclic amines) is 1. The lowest BCUT2D eigenvalue weighted by Crippen LogP contribution is -2.48. The van der Waals surface area contributed by atoms with Crippen LogP contribution in [0.5, 0.6) is 0 Å². The van der Waals surface area contributed by atoms with Gasteiger partial charge in [-0.25, -0.2) is 4.39 Å². The van der Waals surface area contributed by atoms with Crippen molar-refractivity contribution in [2.24, 2.45) is 0 Å². The number of alkyl halides is 1. The summed E-state index contributed by atoms with van der Waals surface area (Å²) < 4.78 is 25.6. The van der Waals surface area contributed by atoms with Gasteiger partial charge in [0, 0.05) is 19.5 Å². The van der Waals surface area contributed by atoms with Crippen LogP contribution in [0.3, 0.4) is 0 Å². The van der Waals surface area contributed by atoms with Gasteiger partial charge >= 0.3 is 0 Å². The Morgan fingerprint density at radius 3 is 2.53 bits per heavy atom. The molecule has 1 amide bonds. The highest BCUT2D eigenvalue weighted by molar-refractivity contribution is 5.84. The molecule has 0 N–H and O–H groups in total. The van der Waals surface area contributed by atoms with Crippen LogP contribution in [0.4, 0.5) is 4.39 Å². The minimum absolute atomic E-state index is 0.0613. The van der Waals surface area contributed by atoms with Gasteiger partial charge in [-0.1, -0.05) is 0 Å². The highest BCUT2D eigenvalue weighted by Crippen LogP contribution is 2.30. The van der Waals surface area contributed by atoms with Crippen molar-refractivity contribution in [2.75, 3.05) is 19.7 Å². The summed E-state index contributed by atoms with van der Waals surface area (Å²) in [4.78, 5) is 13.9. The van der Waals surface area contributed by atoms with E-state index in [1.165, 1.54) is 6.92 Å². The topological polar surface area (TPSA) is 38.8 Å². The van der Waals surface area contributed by atoms with E-state index in [9.17, 15) is 9.18 Å². The van der Waals surface area contributed by atoms with Crippen molar-refractivity contribution in [1.82, 2.24) is 4.90 Å². The fraction of sp³-hybridized carbons (Fsp3) is 0.929. The van der Waals surface area contributed by atoms with Crippen LogP contribution < -0.4 is 0 Å². The molecular weight excluding hydrogens is 249 g/mol. The number of hydrogen-bond donors (Lipinski definition) is 0. The molecule has 1 unspecified atom stereocenters. The summed E-state index contributed by atoms with van der Waals surface area (Å²) in [5, 5.41) is 0. The maximum absolute atomic E-state index is 14.6. The Bertz CT molecular complexity index is 338. The third-order valence-electron chi connectivity index (χ3n) is 3.77. The Balaban J connectivity index is 1.92. The van der Waals surface area contributed by atoms with E-state index in [1.54, 1.807) is 18.7 Å². The average Bonchev–Trinajstić information content (AvgIpc) is 2.68. The zero-order valence-corrected chi connectivity index (χ0v) is 12.1. The standard InChI is InChI=1S/C14H24FNO3/c1-13(2)18-10-11(19-13)9-14(3,15)12(17)16-7-5-4-6-8-16/h11H,4-10H2,1-3H3/t11?,14-/m0/s1. The fourth-order valence-electron chi connectivity index (χ4n) is 2.81. The van der Waals surface area contributed by atoms with E-state index in [0.717, 1.165) is 19.3 Å². The van der Waals surface area contributed by atoms with Crippen molar-refractivity contribution in [2.45, 2.75) is 64.0 Å². The Labute approximate surface area is 114 Å². The largest absolute Gasteiger partial charge is 0.348 e. The van der Waals surface area contributed by atoms with Crippen LogP contribution in [0, 0.1) is 0 Å². The maximum Gasteiger partial charge on any atom is 0.260 e. The van der Waals surface area contributed by atoms with Gasteiger partial charge in [0.15, 0.2) is 11.5 Å². The summed E-state index contributed by atoms with van der Waals surface area (Å²) in [5.74, 6) is -1.07. The monoisotopic (exact) mass is 273 g/mol. The lowest BCUT2D eigenvalue weighted by atomic mass is 9.97. The summed E-state index contributed by atoms with van der Waals surface area (Å²) >= 11 is 0. The number of amides is 1. The molecule has 0 saturated carbocycles. The second-order valence-corrected chi connectivity index (χ2v) is 6.21. The van der Waals surface area contributed by atoms with Crippen LogP contribution in [-0.2, 0) is 14.3 Å². The van der Waals surface area contributed by atoms with Crippen LogP contribution in [-0.4, -0.2) is 48.1 Å². The first-order valence-corrected chi connectivity index (χ1v) is 7.10. The summed E-state index contributed by atoms with van der Waals surface area (Å²) in [6.07, 6.45) is 2.78. The summed E-state index contributed by atoms with van der Waals surface area (Å²) in [5.41, 5.74) is -1.87. The Kier molecular flexibility index (Phi) is 4.16. The number of carbonyl (C=O) groups excluding carboxylic acids is 1. The quantitative estimate of drug-likeness (QED) is 0.792. The van der Waals surface area contributed by atoms with Crippen molar-refractivity contribution in [3.63, 3.8) is 0 Å². The minimum atomic E-state index is -1.87. The number of carbonyl (C=O) groups is 1. The van der Waals surface area contributed by atoms with Crippen LogP contribution in [0.15, 0.2) is 0 Å². The van der Waals surface area contributed by atoms with Crippen LogP contribution >= 0.6 is 0 Å². The molecule has 2 aliphatic heterocycles. The molecule has 0 aliphatic carbocycles. The van der Waals surface area contributed by atoms with Gasteiger partial charge in [-0.3, -0.25) is 4.79 Å². The summed E-state index contributed by atoms with van der Waals surface area (Å²) in [6, 6.07) is 0. The first-order valence-electron chi connectivity index (χ1n) is 7.10. The molecule has 0 aromatic rings. The summed E-state index contributed by atoms with van der Waals surface area (Å²) in [7, 11) is 0. The van der Waals surface area contributed by atoms with Gasteiger partial charge in [0.05, 0.1) is 12.7 Å². The molecule has 5 heteroatoms. The molecule has 2 aliphatic rings. The molecule has 0 aromatic carbocycles. The zero-order chi connectivity index (χ0) is 14.1. The number of hydrogen-bond acceptors (Lipinski definition) is 3. The van der Waals surface area contributed by atoms with Crippen molar-refractivity contribution >= 4 is 5.91 Å². The first kappa shape index (κ1) is 14.7. The molecule has 0 bridgehead atoms. The lowest BCUT2D eigenvalue weighted by molar-refractivity contribution is -0.154. The number of halogens is 1. The Morgan fingerprint density at radius 1 is 1.37 bits per heavy atom. The van der Waals surface area contributed by atoms with E-state index in [1.807, 2.05) is 0 Å². The van der Waals surface area contributed by atoms with Gasteiger partial charge in [-0.2, -0.15) is 0 Å². The predicted octanol–water partition coefficient (Wildman–Crippen LogP) is 2.27. The van der Waals surface area contributed by atoms with Crippen molar-refractivity contribution < 1.29 is 18.7 Å². The minimum Gasteiger partial charge on any atom is -0.348 e. The van der Waals surface area contributed by atoms with E-state index in [4.69, 9.17) is 9.47 Å². The molecule has 0 spiro atoms. The van der Waals surface area contributed by atoms with E-state index in [0.29, 0.717) is 19.7 Å². The van der Waals surface area contributed by atoms with E-state index >= 15 is 0 Å². The van der Waals surface area contributed by atoms with Crippen LogP contribution in [0.1, 0.15) is 46.5 Å². The van der Waals surface area contributed by atoms with Gasteiger partial charge in [0.1, 0.15) is 0 Å². The normalized spacial score (nSPS) is 30.1. The smallest absolute Gasteiger partial charge is 0.260 e. The highest BCUT2D eigenvalue weighted by atomic mass is 19.1. The number of piperidine rings is 1. The van der Waals surface area contributed by atoms with E-state index < -0.39 is 17.4 Å². The average molecular weight is 273 g/mol. The Hall–Kier alpha value is -0.680. The molecular formula is C14H24FNO3. The Morgan fingerprint density at radius 2 is 2.00 bits per heavy atom. The molecule has 0 radical (unpaired) electrons. The van der Waals surface area contributed by atoms with Gasteiger partial charge in [0.2, 0.25) is 0 Å². The van der Waals surface area contributed by atoms with Gasteiger partial charge in [-0.05, 0) is 40.0 Å². The lowest BCUT2D eigenvalue weighted by Gasteiger charge is -2.33. The second-order valence-electron chi connectivity index (χ2n) is 6.21. The van der Waals surface area contributed by atoms with Crippen molar-refractivity contribution in [1.29, 1.82) is 0 Å². The molecule has 2 heterocycles. The predicted molar refractivity (Wildman–Crippen MR) is 69.5 cm³/mol. The number of rotatable bonds is 3. The number of ether oxygens (including phenoxy) is 2. The van der Waals surface area contributed by atoms with Gasteiger partial charge in [0.25, 0.3) is 5.91 Å². The molecule has 19 heavy (non-hydrogen) atoms. The third-order valence-corrected chi connectivity index (χ3v) is 3.77. The van der Waals surface area contributed by atoms with Crippen molar-refractivity contribution in [3.8, 4) is 0 Å². The fourth-order valence-corrected chi connectivity index (χ4v) is 2.81. The SMILES string of the molecule is CC1(C)OCC(C[C@](C)(F)C(=O)N2CCCCC2)O1. The molecule has 2 atom stereocenters. The maximum atomic E-state index is 14.6. The van der Waals surface area contributed by atoms with Crippen LogP contribution in [0.2, 0.25) is 0 Å². The van der Waals surface area contributed by atoms with E-state index in [2.05, 4.69) is 0 Å². The first-order chi connectivity index (χ1) is 8.80. The zero-order valence-electron chi connectivity index (χ0n) is 12.1. The molecule has 2 rings (SSSR count). The van der Waals surface area contributed by atoms with Gasteiger partial charge in [-0.15, -0.1) is 0 Å². The van der Waals surface area contributed by atoms with E-state index in [-0.39, 0.29) is 12.5 Å². The third kappa shape index (κ3) is 3.66. The van der Waals surface area contributed by atoms with Crippen LogP contribution in [0.25, 0.3) is 0 Å². The molecule has 2 fully saturated rings. The van der Waals surface area contributed by atoms with Crippen molar-refractivity contribution in [3.05, 3.63) is 0 Å². The number of nitrogens with zero attached hydrogens (tertiary/aromatic N) is 1. The second kappa shape index (κ2) is 5.37. The molecule has 110 valence electrons. The molecule has 2 saturated heterocycles. The molecule has 4 nitrogen and oxygen atoms in total. The summed E-state index contributed by atoms with van der Waals surface area (Å²) in [6.45, 7) is 6.65. The highest BCUT2D eigenvalue weighted by Gasteiger charge is 2.43. The molecule has 0 aromatic heterocycles. The van der Waals surface area contributed by atoms with Gasteiger partial charge < -0.3 is 14.4 Å².